The van der Waals surface area contributed by atoms with Gasteiger partial charge in [0.1, 0.15) is 34.5 Å². The van der Waals surface area contributed by atoms with Gasteiger partial charge in [-0.1, -0.05) is 61.2 Å². The molecule has 9 heteroatoms. The van der Waals surface area contributed by atoms with Crippen LogP contribution in [0.25, 0.3) is 11.3 Å². The van der Waals surface area contributed by atoms with Crippen LogP contribution in [0.15, 0.2) is 34.9 Å². The van der Waals surface area contributed by atoms with Gasteiger partial charge in [-0.25, -0.2) is 4.79 Å². The van der Waals surface area contributed by atoms with Crippen molar-refractivity contribution < 1.29 is 24.0 Å². The lowest BCUT2D eigenvalue weighted by molar-refractivity contribution is -0.160. The number of nitrogens with zero attached hydrogens (tertiary/aromatic N) is 2. The fourth-order valence-corrected chi connectivity index (χ4v) is 7.29. The number of carbonyl (C=O) groups excluding carboxylic acids is 2. The van der Waals surface area contributed by atoms with Crippen LogP contribution < -0.4 is 5.32 Å². The SMILES string of the molecule is Cc1onc(-c2ccccc2)c1C(=O)NC1C(=O)N2C(C(=O)O)C3(CCCCCC3)S[C@@H]12. The molecule has 0 radical (unpaired) electrons. The van der Waals surface area contributed by atoms with Crippen molar-refractivity contribution in [2.75, 3.05) is 0 Å². The van der Waals surface area contributed by atoms with Crippen LogP contribution in [0.5, 0.6) is 0 Å². The molecule has 3 fully saturated rings. The van der Waals surface area contributed by atoms with Crippen LogP contribution in [0, 0.1) is 6.92 Å². The highest BCUT2D eigenvalue weighted by Gasteiger charge is 2.66. The van der Waals surface area contributed by atoms with Crippen LogP contribution >= 0.6 is 11.8 Å². The van der Waals surface area contributed by atoms with Gasteiger partial charge in [0.2, 0.25) is 5.91 Å². The van der Waals surface area contributed by atoms with Crippen LogP contribution in [-0.4, -0.2) is 55.2 Å². The number of β-lactam (4-membered cyclic amide) rings is 1. The zero-order valence-electron chi connectivity index (χ0n) is 17.7. The standard InChI is InChI=1S/C23H25N3O5S/c1-13-15(16(25-31-13)14-9-5-4-6-10-14)19(27)24-17-20(28)26-18(22(29)30)23(32-21(17)26)11-7-2-3-8-12-23/h4-6,9-10,17-18,21H,2-3,7-8,11-12H2,1H3,(H,24,27)(H,29,30)/t17?,18?,21-/m0/s1. The maximum atomic E-state index is 13.2. The van der Waals surface area contributed by atoms with E-state index in [1.165, 1.54) is 4.90 Å². The molecule has 2 saturated heterocycles. The minimum atomic E-state index is -0.957. The van der Waals surface area contributed by atoms with Crippen molar-refractivity contribution in [3.8, 4) is 11.3 Å². The summed E-state index contributed by atoms with van der Waals surface area (Å²) in [6, 6.07) is 7.65. The number of carboxylic acid groups (broad SMARTS) is 1. The van der Waals surface area contributed by atoms with Gasteiger partial charge in [0.15, 0.2) is 0 Å². The van der Waals surface area contributed by atoms with Gasteiger partial charge in [0, 0.05) is 10.3 Å². The van der Waals surface area contributed by atoms with Crippen molar-refractivity contribution in [1.29, 1.82) is 0 Å². The van der Waals surface area contributed by atoms with Crippen LogP contribution in [-0.2, 0) is 9.59 Å². The van der Waals surface area contributed by atoms with Gasteiger partial charge in [-0.2, -0.15) is 0 Å². The topological polar surface area (TPSA) is 113 Å². The molecule has 32 heavy (non-hydrogen) atoms. The molecule has 1 aromatic carbocycles. The molecule has 8 nitrogen and oxygen atoms in total. The van der Waals surface area contributed by atoms with E-state index in [9.17, 15) is 19.5 Å². The summed E-state index contributed by atoms with van der Waals surface area (Å²) in [6.07, 6.45) is 5.65. The number of aliphatic carboxylic acids is 1. The molecule has 3 aliphatic rings. The molecule has 2 unspecified atom stereocenters. The first-order valence-electron chi connectivity index (χ1n) is 11.0. The molecule has 2 aliphatic heterocycles. The lowest BCUT2D eigenvalue weighted by atomic mass is 9.87. The van der Waals surface area contributed by atoms with Gasteiger partial charge in [0.25, 0.3) is 5.91 Å². The summed E-state index contributed by atoms with van der Waals surface area (Å²) in [5.74, 6) is -1.36. The first kappa shape index (κ1) is 21.1. The summed E-state index contributed by atoms with van der Waals surface area (Å²) in [5.41, 5.74) is 1.46. The van der Waals surface area contributed by atoms with E-state index in [0.29, 0.717) is 17.0 Å². The second-order valence-electron chi connectivity index (χ2n) is 8.75. The Balaban J connectivity index is 1.39. The van der Waals surface area contributed by atoms with Gasteiger partial charge >= 0.3 is 5.97 Å². The summed E-state index contributed by atoms with van der Waals surface area (Å²) in [5, 5.41) is 16.5. The van der Waals surface area contributed by atoms with E-state index in [1.807, 2.05) is 30.3 Å². The van der Waals surface area contributed by atoms with Crippen LogP contribution in [0.4, 0.5) is 0 Å². The second-order valence-corrected chi connectivity index (χ2v) is 10.3. The van der Waals surface area contributed by atoms with Gasteiger partial charge in [-0.05, 0) is 19.8 Å². The Bertz CT molecular complexity index is 1060. The Morgan fingerprint density at radius 1 is 1.19 bits per heavy atom. The van der Waals surface area contributed by atoms with Gasteiger partial charge < -0.3 is 19.8 Å². The third kappa shape index (κ3) is 3.21. The second kappa shape index (κ2) is 7.95. The predicted molar refractivity (Wildman–Crippen MR) is 118 cm³/mol. The summed E-state index contributed by atoms with van der Waals surface area (Å²) >= 11 is 1.56. The molecule has 3 heterocycles. The fraction of sp³-hybridized carbons (Fsp3) is 0.478. The fourth-order valence-electron chi connectivity index (χ4n) is 5.29. The number of aryl methyl sites for hydroxylation is 1. The molecule has 2 aromatic rings. The lowest BCUT2D eigenvalue weighted by Crippen LogP contribution is -2.70. The molecule has 2 amide bonds. The molecule has 1 aromatic heterocycles. The van der Waals surface area contributed by atoms with E-state index in [0.717, 1.165) is 44.1 Å². The molecular weight excluding hydrogens is 430 g/mol. The molecule has 2 N–H and O–H groups in total. The molecule has 5 rings (SSSR count). The lowest BCUT2D eigenvalue weighted by Gasteiger charge is -2.43. The van der Waals surface area contributed by atoms with E-state index in [1.54, 1.807) is 18.7 Å². The smallest absolute Gasteiger partial charge is 0.327 e. The first-order chi connectivity index (χ1) is 15.4. The number of hydrogen-bond donors (Lipinski definition) is 2. The predicted octanol–water partition coefficient (Wildman–Crippen LogP) is 3.21. The minimum Gasteiger partial charge on any atom is -0.480 e. The monoisotopic (exact) mass is 455 g/mol. The molecule has 3 atom stereocenters. The molecule has 1 aliphatic carbocycles. The number of nitrogens with one attached hydrogen (secondary N) is 1. The van der Waals surface area contributed by atoms with Crippen LogP contribution in [0.2, 0.25) is 0 Å². The Hall–Kier alpha value is -2.81. The van der Waals surface area contributed by atoms with Crippen molar-refractivity contribution in [2.45, 2.75) is 67.7 Å². The third-order valence-corrected chi connectivity index (χ3v) is 8.66. The van der Waals surface area contributed by atoms with Gasteiger partial charge in [-0.15, -0.1) is 11.8 Å². The number of thioether (sulfide) groups is 1. The van der Waals surface area contributed by atoms with Crippen molar-refractivity contribution in [3.63, 3.8) is 0 Å². The highest BCUT2D eigenvalue weighted by molar-refractivity contribution is 8.01. The Morgan fingerprint density at radius 2 is 1.88 bits per heavy atom. The average Bonchev–Trinajstić information content (AvgIpc) is 3.21. The highest BCUT2D eigenvalue weighted by Crippen LogP contribution is 2.56. The van der Waals surface area contributed by atoms with Crippen molar-refractivity contribution in [1.82, 2.24) is 15.4 Å². The zero-order chi connectivity index (χ0) is 22.5. The van der Waals surface area contributed by atoms with E-state index < -0.39 is 28.7 Å². The number of carboxylic acids is 1. The number of hydrogen-bond acceptors (Lipinski definition) is 6. The first-order valence-corrected chi connectivity index (χ1v) is 11.9. The van der Waals surface area contributed by atoms with Crippen molar-refractivity contribution >= 4 is 29.5 Å². The zero-order valence-corrected chi connectivity index (χ0v) is 18.6. The van der Waals surface area contributed by atoms with Gasteiger partial charge in [0.05, 0.1) is 0 Å². The number of amides is 2. The van der Waals surface area contributed by atoms with Crippen LogP contribution in [0.3, 0.4) is 0 Å². The van der Waals surface area contributed by atoms with E-state index in [4.69, 9.17) is 4.52 Å². The third-order valence-electron chi connectivity index (χ3n) is 6.82. The Labute approximate surface area is 189 Å². The Kier molecular flexibility index (Phi) is 5.23. The molecule has 0 bridgehead atoms. The van der Waals surface area contributed by atoms with E-state index >= 15 is 0 Å². The summed E-state index contributed by atoms with van der Waals surface area (Å²) < 4.78 is 4.80. The normalized spacial score (nSPS) is 26.3. The maximum Gasteiger partial charge on any atom is 0.327 e. The summed E-state index contributed by atoms with van der Waals surface area (Å²) in [6.45, 7) is 1.66. The maximum absolute atomic E-state index is 13.2. The number of fused-ring (bicyclic) bond motifs is 1. The van der Waals surface area contributed by atoms with Crippen molar-refractivity contribution in [3.05, 3.63) is 41.7 Å². The summed E-state index contributed by atoms with van der Waals surface area (Å²) in [4.78, 5) is 39.8. The number of rotatable bonds is 4. The quantitative estimate of drug-likeness (QED) is 0.681. The summed E-state index contributed by atoms with van der Waals surface area (Å²) in [7, 11) is 0. The number of carbonyl (C=O) groups is 3. The van der Waals surface area contributed by atoms with Crippen LogP contribution in [0.1, 0.15) is 54.6 Å². The number of aromatic nitrogens is 1. The van der Waals surface area contributed by atoms with E-state index in [2.05, 4.69) is 10.5 Å². The molecule has 1 spiro atoms. The van der Waals surface area contributed by atoms with Crippen molar-refractivity contribution in [2.24, 2.45) is 0 Å². The van der Waals surface area contributed by atoms with E-state index in [-0.39, 0.29) is 11.3 Å². The molecular formula is C23H25N3O5S. The molecule has 1 saturated carbocycles. The average molecular weight is 456 g/mol. The largest absolute Gasteiger partial charge is 0.480 e. The highest BCUT2D eigenvalue weighted by atomic mass is 32.2. The van der Waals surface area contributed by atoms with Gasteiger partial charge in [-0.3, -0.25) is 9.59 Å². The molecule has 168 valence electrons. The minimum absolute atomic E-state index is 0.296. The number of benzene rings is 1. The Morgan fingerprint density at radius 3 is 2.53 bits per heavy atom.